The number of alkyl halides is 3. The topological polar surface area (TPSA) is 38.8 Å². The maximum Gasteiger partial charge on any atom is 0.492 e. The fourth-order valence-corrected chi connectivity index (χ4v) is 1.68. The molecule has 0 N–H and O–H groups in total. The van der Waals surface area contributed by atoms with Gasteiger partial charge in [-0.2, -0.15) is 13.2 Å². The van der Waals surface area contributed by atoms with Crippen LogP contribution in [-0.2, 0) is 9.63 Å². The molecule has 0 bridgehead atoms. The summed E-state index contributed by atoms with van der Waals surface area (Å²) in [5, 5.41) is 0.869. The van der Waals surface area contributed by atoms with Crippen LogP contribution in [0.3, 0.4) is 0 Å². The second kappa shape index (κ2) is 5.45. The number of carbonyl (C=O) groups is 1. The van der Waals surface area contributed by atoms with E-state index in [0.29, 0.717) is 0 Å². The van der Waals surface area contributed by atoms with Gasteiger partial charge in [0.15, 0.2) is 0 Å². The Morgan fingerprint density at radius 3 is 2.55 bits per heavy atom. The van der Waals surface area contributed by atoms with Gasteiger partial charge >= 0.3 is 12.1 Å². The number of hydrogen-bond donors (Lipinski definition) is 0. The number of nitrogens with zero attached hydrogens (tertiary/aromatic N) is 1. The van der Waals surface area contributed by atoms with Crippen molar-refractivity contribution in [2.75, 3.05) is 13.1 Å². The molecule has 0 amide bonds. The quantitative estimate of drug-likeness (QED) is 0.804. The minimum absolute atomic E-state index is 0.0322. The van der Waals surface area contributed by atoms with Gasteiger partial charge in [0.05, 0.1) is 18.1 Å². The van der Waals surface area contributed by atoms with Crippen molar-refractivity contribution in [1.82, 2.24) is 5.06 Å². The average molecular weight is 314 g/mol. The van der Waals surface area contributed by atoms with Crippen LogP contribution in [0.15, 0.2) is 18.2 Å². The molecule has 0 spiro atoms. The fourth-order valence-electron chi connectivity index (χ4n) is 1.47. The van der Waals surface area contributed by atoms with Crippen molar-refractivity contribution >= 4 is 17.6 Å². The SMILES string of the molecule is O=C(ON1CC(Oc2ccc(F)cc2Cl)C1)C(F)(F)F. The first-order chi connectivity index (χ1) is 9.25. The highest BCUT2D eigenvalue weighted by atomic mass is 35.5. The Bertz CT molecular complexity index is 517. The maximum atomic E-state index is 12.8. The van der Waals surface area contributed by atoms with Gasteiger partial charge in [0.25, 0.3) is 0 Å². The Labute approximate surface area is 115 Å². The summed E-state index contributed by atoms with van der Waals surface area (Å²) < 4.78 is 53.9. The van der Waals surface area contributed by atoms with E-state index in [1.54, 1.807) is 0 Å². The number of halogens is 5. The van der Waals surface area contributed by atoms with Crippen LogP contribution >= 0.6 is 11.6 Å². The van der Waals surface area contributed by atoms with E-state index in [-0.39, 0.29) is 23.9 Å². The van der Waals surface area contributed by atoms with E-state index in [0.717, 1.165) is 17.2 Å². The predicted octanol–water partition coefficient (Wildman–Crippen LogP) is 2.56. The van der Waals surface area contributed by atoms with Gasteiger partial charge in [-0.1, -0.05) is 11.6 Å². The van der Waals surface area contributed by atoms with Gasteiger partial charge in [0.1, 0.15) is 17.7 Å². The number of ether oxygens (including phenoxy) is 1. The zero-order valence-electron chi connectivity index (χ0n) is 9.79. The van der Waals surface area contributed by atoms with Crippen LogP contribution in [0, 0.1) is 5.82 Å². The third kappa shape index (κ3) is 3.51. The van der Waals surface area contributed by atoms with Crippen LogP contribution in [0.1, 0.15) is 0 Å². The molecule has 2 rings (SSSR count). The van der Waals surface area contributed by atoms with E-state index in [4.69, 9.17) is 16.3 Å². The van der Waals surface area contributed by atoms with Gasteiger partial charge < -0.3 is 9.57 Å². The molecule has 20 heavy (non-hydrogen) atoms. The number of rotatable bonds is 3. The average Bonchev–Trinajstić information content (AvgIpc) is 2.27. The predicted molar refractivity (Wildman–Crippen MR) is 59.5 cm³/mol. The van der Waals surface area contributed by atoms with Gasteiger partial charge in [-0.05, 0) is 18.2 Å². The van der Waals surface area contributed by atoms with Crippen molar-refractivity contribution in [3.8, 4) is 5.75 Å². The molecule has 1 aliphatic heterocycles. The zero-order chi connectivity index (χ0) is 14.9. The lowest BCUT2D eigenvalue weighted by Crippen LogP contribution is -2.55. The Hall–Kier alpha value is -1.54. The first-order valence-electron chi connectivity index (χ1n) is 5.41. The third-order valence-corrected chi connectivity index (χ3v) is 2.74. The molecule has 1 aromatic carbocycles. The molecule has 0 radical (unpaired) electrons. The van der Waals surface area contributed by atoms with Gasteiger partial charge in [0, 0.05) is 0 Å². The summed E-state index contributed by atoms with van der Waals surface area (Å²) in [6.45, 7) is -0.0644. The molecule has 0 aromatic heterocycles. The largest absolute Gasteiger partial charge is 0.492 e. The van der Waals surface area contributed by atoms with Crippen molar-refractivity contribution in [1.29, 1.82) is 0 Å². The second-order valence-electron chi connectivity index (χ2n) is 4.04. The lowest BCUT2D eigenvalue weighted by atomic mass is 10.2. The summed E-state index contributed by atoms with van der Waals surface area (Å²) in [7, 11) is 0. The van der Waals surface area contributed by atoms with Crippen molar-refractivity contribution in [3.63, 3.8) is 0 Å². The summed E-state index contributed by atoms with van der Waals surface area (Å²) in [6.07, 6.45) is -5.52. The molecule has 110 valence electrons. The van der Waals surface area contributed by atoms with Crippen molar-refractivity contribution < 1.29 is 31.9 Å². The lowest BCUT2D eigenvalue weighted by Gasteiger charge is -2.36. The van der Waals surface area contributed by atoms with Gasteiger partial charge in [-0.15, -0.1) is 5.06 Å². The van der Waals surface area contributed by atoms with E-state index in [2.05, 4.69) is 4.84 Å². The molecule has 1 heterocycles. The molecule has 0 atom stereocenters. The summed E-state index contributed by atoms with van der Waals surface area (Å²) >= 11 is 5.72. The molecule has 0 saturated carbocycles. The first kappa shape index (κ1) is 14.9. The Morgan fingerprint density at radius 1 is 1.35 bits per heavy atom. The molecular formula is C11H8ClF4NO3. The highest BCUT2D eigenvalue weighted by Gasteiger charge is 2.44. The summed E-state index contributed by atoms with van der Waals surface area (Å²) in [5.41, 5.74) is 0. The molecule has 1 saturated heterocycles. The highest BCUT2D eigenvalue weighted by molar-refractivity contribution is 6.32. The summed E-state index contributed by atoms with van der Waals surface area (Å²) in [6, 6.07) is 3.50. The monoisotopic (exact) mass is 313 g/mol. The van der Waals surface area contributed by atoms with E-state index >= 15 is 0 Å². The summed E-state index contributed by atoms with van der Waals surface area (Å²) in [5.74, 6) is -2.60. The normalized spacial score (nSPS) is 16.6. The number of benzene rings is 1. The Morgan fingerprint density at radius 2 is 2.00 bits per heavy atom. The highest BCUT2D eigenvalue weighted by Crippen LogP contribution is 2.28. The van der Waals surface area contributed by atoms with Crippen LogP contribution in [0.2, 0.25) is 5.02 Å². The smallest absolute Gasteiger partial charge is 0.486 e. The minimum Gasteiger partial charge on any atom is -0.486 e. The minimum atomic E-state index is -5.04. The van der Waals surface area contributed by atoms with Crippen molar-refractivity contribution in [3.05, 3.63) is 29.0 Å². The van der Waals surface area contributed by atoms with E-state index in [9.17, 15) is 22.4 Å². The van der Waals surface area contributed by atoms with Gasteiger partial charge in [-0.3, -0.25) is 0 Å². The Balaban J connectivity index is 1.81. The van der Waals surface area contributed by atoms with Crippen molar-refractivity contribution in [2.24, 2.45) is 0 Å². The van der Waals surface area contributed by atoms with Crippen LogP contribution in [-0.4, -0.2) is 36.4 Å². The van der Waals surface area contributed by atoms with Crippen LogP contribution in [0.4, 0.5) is 17.6 Å². The van der Waals surface area contributed by atoms with Crippen LogP contribution in [0.5, 0.6) is 5.75 Å². The third-order valence-electron chi connectivity index (χ3n) is 2.45. The first-order valence-corrected chi connectivity index (χ1v) is 5.79. The standard InChI is InChI=1S/C11H8ClF4NO3/c12-8-3-6(13)1-2-9(8)19-7-4-17(5-7)20-10(18)11(14,15)16/h1-3,7H,4-5H2. The summed E-state index contributed by atoms with van der Waals surface area (Å²) in [4.78, 5) is 14.6. The lowest BCUT2D eigenvalue weighted by molar-refractivity contribution is -0.262. The molecule has 0 aliphatic carbocycles. The zero-order valence-corrected chi connectivity index (χ0v) is 10.5. The van der Waals surface area contributed by atoms with Crippen molar-refractivity contribution in [2.45, 2.75) is 12.3 Å². The molecule has 1 fully saturated rings. The number of carbonyl (C=O) groups excluding carboxylic acids is 1. The molecular weight excluding hydrogens is 306 g/mol. The number of hydrogen-bond acceptors (Lipinski definition) is 4. The van der Waals surface area contributed by atoms with E-state index in [1.807, 2.05) is 0 Å². The maximum absolute atomic E-state index is 12.8. The molecule has 9 heteroatoms. The van der Waals surface area contributed by atoms with Gasteiger partial charge in [-0.25, -0.2) is 9.18 Å². The fraction of sp³-hybridized carbons (Fsp3) is 0.364. The molecule has 1 aliphatic rings. The molecule has 4 nitrogen and oxygen atoms in total. The number of hydroxylamine groups is 2. The van der Waals surface area contributed by atoms with E-state index in [1.165, 1.54) is 6.07 Å². The van der Waals surface area contributed by atoms with Crippen LogP contribution < -0.4 is 4.74 Å². The van der Waals surface area contributed by atoms with Crippen LogP contribution in [0.25, 0.3) is 0 Å². The molecule has 1 aromatic rings. The van der Waals surface area contributed by atoms with E-state index < -0.39 is 24.1 Å². The second-order valence-corrected chi connectivity index (χ2v) is 4.45. The molecule has 0 unspecified atom stereocenters. The Kier molecular flexibility index (Phi) is 4.05. The van der Waals surface area contributed by atoms with Gasteiger partial charge in [0.2, 0.25) is 0 Å².